The highest BCUT2D eigenvalue weighted by Crippen LogP contribution is 2.18. The lowest BCUT2D eigenvalue weighted by atomic mass is 10.1. The lowest BCUT2D eigenvalue weighted by Gasteiger charge is -2.26. The zero-order valence-corrected chi connectivity index (χ0v) is 11.3. The minimum Gasteiger partial charge on any atom is -0.361 e. The maximum Gasteiger partial charge on any atom is 0.259 e. The molecule has 0 bridgehead atoms. The molecule has 2 heterocycles. The van der Waals surface area contributed by atoms with Gasteiger partial charge in [0.15, 0.2) is 9.84 Å². The van der Waals surface area contributed by atoms with Crippen LogP contribution < -0.4 is 0 Å². The molecule has 0 unspecified atom stereocenters. The number of aromatic nitrogens is 1. The Bertz CT molecular complexity index is 548. The minimum atomic E-state index is -2.98. The van der Waals surface area contributed by atoms with Gasteiger partial charge >= 0.3 is 0 Å². The number of hydrogen-bond acceptors (Lipinski definition) is 5. The molecule has 0 aromatic carbocycles. The smallest absolute Gasteiger partial charge is 0.259 e. The zero-order valence-electron chi connectivity index (χ0n) is 10.5. The number of sulfone groups is 1. The molecule has 18 heavy (non-hydrogen) atoms. The lowest BCUT2D eigenvalue weighted by Crippen LogP contribution is -2.44. The van der Waals surface area contributed by atoms with Crippen LogP contribution in [0.4, 0.5) is 0 Å². The Labute approximate surface area is 106 Å². The molecule has 0 aliphatic carbocycles. The van der Waals surface area contributed by atoms with Crippen molar-refractivity contribution in [3.63, 3.8) is 0 Å². The van der Waals surface area contributed by atoms with Crippen LogP contribution in [0.1, 0.15) is 28.7 Å². The van der Waals surface area contributed by atoms with Crippen LogP contribution in [0.15, 0.2) is 4.52 Å². The van der Waals surface area contributed by atoms with Gasteiger partial charge in [0.25, 0.3) is 5.91 Å². The highest BCUT2D eigenvalue weighted by molar-refractivity contribution is 7.91. The van der Waals surface area contributed by atoms with Crippen LogP contribution in [0, 0.1) is 6.92 Å². The maximum atomic E-state index is 12.3. The predicted molar refractivity (Wildman–Crippen MR) is 65.2 cm³/mol. The van der Waals surface area contributed by atoms with E-state index >= 15 is 0 Å². The lowest BCUT2D eigenvalue weighted by molar-refractivity contribution is 0.0767. The first-order chi connectivity index (χ1) is 8.44. The van der Waals surface area contributed by atoms with E-state index in [4.69, 9.17) is 4.52 Å². The molecule has 1 aliphatic rings. The summed E-state index contributed by atoms with van der Waals surface area (Å²) < 4.78 is 27.7. The number of rotatable bonds is 2. The summed E-state index contributed by atoms with van der Waals surface area (Å²) in [6, 6.07) is 0. The normalized spacial score (nSPS) is 18.9. The maximum absolute atomic E-state index is 12.3. The molecular weight excluding hydrogens is 256 g/mol. The second kappa shape index (κ2) is 4.72. The van der Waals surface area contributed by atoms with Crippen molar-refractivity contribution in [1.29, 1.82) is 0 Å². The van der Waals surface area contributed by atoms with E-state index in [1.165, 1.54) is 0 Å². The molecule has 0 saturated carbocycles. The van der Waals surface area contributed by atoms with Crippen molar-refractivity contribution in [2.75, 3.05) is 24.6 Å². The van der Waals surface area contributed by atoms with E-state index < -0.39 is 9.84 Å². The standard InChI is InChI=1S/C11H16N2O4S/c1-3-9-10(8(2)17-12-9)11(14)13-4-6-18(15,16)7-5-13/h3-7H2,1-2H3. The Hall–Kier alpha value is -1.37. The van der Waals surface area contributed by atoms with Gasteiger partial charge in [0.05, 0.1) is 17.2 Å². The average molecular weight is 272 g/mol. The van der Waals surface area contributed by atoms with Crippen LogP contribution in [0.25, 0.3) is 0 Å². The fourth-order valence-corrected chi connectivity index (χ4v) is 3.21. The molecular formula is C11H16N2O4S. The first kappa shape index (κ1) is 13.1. The van der Waals surface area contributed by atoms with Gasteiger partial charge in [-0.1, -0.05) is 12.1 Å². The summed E-state index contributed by atoms with van der Waals surface area (Å²) in [7, 11) is -2.98. The van der Waals surface area contributed by atoms with Gasteiger partial charge in [-0.2, -0.15) is 0 Å². The van der Waals surface area contributed by atoms with Crippen molar-refractivity contribution < 1.29 is 17.7 Å². The number of carbonyl (C=O) groups excluding carboxylic acids is 1. The number of carbonyl (C=O) groups is 1. The van der Waals surface area contributed by atoms with Crippen molar-refractivity contribution >= 4 is 15.7 Å². The number of hydrogen-bond donors (Lipinski definition) is 0. The van der Waals surface area contributed by atoms with Gasteiger partial charge in [-0.05, 0) is 13.3 Å². The van der Waals surface area contributed by atoms with Gasteiger partial charge in [0, 0.05) is 13.1 Å². The molecule has 1 aliphatic heterocycles. The molecule has 1 aromatic rings. The molecule has 7 heteroatoms. The average Bonchev–Trinajstić information content (AvgIpc) is 2.69. The largest absolute Gasteiger partial charge is 0.361 e. The van der Waals surface area contributed by atoms with Crippen LogP contribution in [0.5, 0.6) is 0 Å². The second-order valence-corrected chi connectivity index (χ2v) is 6.66. The molecule has 1 aromatic heterocycles. The topological polar surface area (TPSA) is 80.5 Å². The third-order valence-corrected chi connectivity index (χ3v) is 4.72. The minimum absolute atomic E-state index is 0.0323. The van der Waals surface area contributed by atoms with Crippen LogP contribution >= 0.6 is 0 Å². The summed E-state index contributed by atoms with van der Waals surface area (Å²) in [6.07, 6.45) is 0.616. The summed E-state index contributed by atoms with van der Waals surface area (Å²) in [5, 5.41) is 3.84. The van der Waals surface area contributed by atoms with Gasteiger partial charge in [-0.25, -0.2) is 8.42 Å². The highest BCUT2D eigenvalue weighted by atomic mass is 32.2. The van der Waals surface area contributed by atoms with Gasteiger partial charge in [0.1, 0.15) is 11.3 Å². The monoisotopic (exact) mass is 272 g/mol. The summed E-state index contributed by atoms with van der Waals surface area (Å²) in [5.74, 6) is 0.375. The number of aryl methyl sites for hydroxylation is 2. The Morgan fingerprint density at radius 3 is 2.56 bits per heavy atom. The van der Waals surface area contributed by atoms with Crippen LogP contribution in [0.2, 0.25) is 0 Å². The molecule has 2 rings (SSSR count). The summed E-state index contributed by atoms with van der Waals surface area (Å²) >= 11 is 0. The number of nitrogens with zero attached hydrogens (tertiary/aromatic N) is 2. The highest BCUT2D eigenvalue weighted by Gasteiger charge is 2.29. The Balaban J connectivity index is 2.20. The van der Waals surface area contributed by atoms with E-state index in [0.717, 1.165) is 0 Å². The van der Waals surface area contributed by atoms with Gasteiger partial charge < -0.3 is 9.42 Å². The quantitative estimate of drug-likeness (QED) is 0.779. The van der Waals surface area contributed by atoms with Crippen LogP contribution in [-0.2, 0) is 16.3 Å². The van der Waals surface area contributed by atoms with Crippen LogP contribution in [0.3, 0.4) is 0 Å². The molecule has 6 nitrogen and oxygen atoms in total. The van der Waals surface area contributed by atoms with E-state index in [9.17, 15) is 13.2 Å². The first-order valence-corrected chi connectivity index (χ1v) is 7.71. The van der Waals surface area contributed by atoms with Gasteiger partial charge in [-0.15, -0.1) is 0 Å². The first-order valence-electron chi connectivity index (χ1n) is 5.89. The van der Waals surface area contributed by atoms with E-state index in [1.54, 1.807) is 11.8 Å². The molecule has 0 N–H and O–H groups in total. The Morgan fingerprint density at radius 2 is 2.00 bits per heavy atom. The molecule has 0 spiro atoms. The fraction of sp³-hybridized carbons (Fsp3) is 0.636. The van der Waals surface area contributed by atoms with Gasteiger partial charge in [-0.3, -0.25) is 4.79 Å². The number of amides is 1. The Kier molecular flexibility index (Phi) is 3.43. The van der Waals surface area contributed by atoms with Crippen LogP contribution in [-0.4, -0.2) is 49.0 Å². The zero-order chi connectivity index (χ0) is 13.3. The van der Waals surface area contributed by atoms with Crippen molar-refractivity contribution in [2.45, 2.75) is 20.3 Å². The molecule has 1 saturated heterocycles. The third kappa shape index (κ3) is 2.40. The summed E-state index contributed by atoms with van der Waals surface area (Å²) in [4.78, 5) is 13.9. The van der Waals surface area contributed by atoms with Crippen molar-refractivity contribution in [2.24, 2.45) is 0 Å². The van der Waals surface area contributed by atoms with Gasteiger partial charge in [0.2, 0.25) is 0 Å². The van der Waals surface area contributed by atoms with Crippen molar-refractivity contribution in [3.8, 4) is 0 Å². The third-order valence-electron chi connectivity index (χ3n) is 3.11. The Morgan fingerprint density at radius 1 is 1.39 bits per heavy atom. The molecule has 0 radical (unpaired) electrons. The fourth-order valence-electron chi connectivity index (χ4n) is 2.01. The molecule has 100 valence electrons. The molecule has 1 fully saturated rings. The van der Waals surface area contributed by atoms with E-state index in [2.05, 4.69) is 5.16 Å². The van der Waals surface area contributed by atoms with Crippen molar-refractivity contribution in [1.82, 2.24) is 10.1 Å². The summed E-state index contributed by atoms with van der Waals surface area (Å²) in [5.41, 5.74) is 1.11. The van der Waals surface area contributed by atoms with Crippen molar-refractivity contribution in [3.05, 3.63) is 17.0 Å². The SMILES string of the molecule is CCc1noc(C)c1C(=O)N1CCS(=O)(=O)CC1. The summed E-state index contributed by atoms with van der Waals surface area (Å²) in [6.45, 7) is 4.08. The van der Waals surface area contributed by atoms with E-state index in [-0.39, 0.29) is 30.5 Å². The molecule has 0 atom stereocenters. The predicted octanol–water partition coefficient (Wildman–Crippen LogP) is 0.416. The second-order valence-electron chi connectivity index (χ2n) is 4.36. The van der Waals surface area contributed by atoms with E-state index in [1.807, 2.05) is 6.92 Å². The molecule has 1 amide bonds. The van der Waals surface area contributed by atoms with E-state index in [0.29, 0.717) is 23.4 Å².